The highest BCUT2D eigenvalue weighted by molar-refractivity contribution is 5.95. The molecule has 19 heavy (non-hydrogen) atoms. The van der Waals surface area contributed by atoms with Crippen molar-refractivity contribution < 1.29 is 4.79 Å². The Balaban J connectivity index is 1.63. The van der Waals surface area contributed by atoms with Crippen LogP contribution in [0.5, 0.6) is 0 Å². The Labute approximate surface area is 115 Å². The molecule has 0 aromatic heterocycles. The lowest BCUT2D eigenvalue weighted by Gasteiger charge is -2.02. The topological polar surface area (TPSA) is 17.1 Å². The van der Waals surface area contributed by atoms with Crippen molar-refractivity contribution in [2.24, 2.45) is 0 Å². The largest absolute Gasteiger partial charge is 0.294 e. The molecule has 0 atom stereocenters. The minimum absolute atomic E-state index is 0.264. The standard InChI is InChI=1S/C18H20O/c19-18(17-13-7-3-8-14-17)15-9-2-6-12-16-10-4-1-5-11-16/h1,3-5,7-8,10-11,13-14H,2,6,9,12,15H2. The third kappa shape index (κ3) is 4.70. The lowest BCUT2D eigenvalue weighted by molar-refractivity contribution is 0.0979. The number of carbonyl (C=O) groups excluding carboxylic acids is 1. The summed E-state index contributed by atoms with van der Waals surface area (Å²) in [5.41, 5.74) is 2.22. The minimum atomic E-state index is 0.264. The molecule has 2 aromatic carbocycles. The highest BCUT2D eigenvalue weighted by atomic mass is 16.1. The molecule has 0 heterocycles. The molecule has 0 aliphatic rings. The van der Waals surface area contributed by atoms with Gasteiger partial charge in [0.05, 0.1) is 0 Å². The van der Waals surface area contributed by atoms with Gasteiger partial charge in [-0.15, -0.1) is 0 Å². The summed E-state index contributed by atoms with van der Waals surface area (Å²) in [7, 11) is 0. The van der Waals surface area contributed by atoms with Gasteiger partial charge in [0.1, 0.15) is 0 Å². The summed E-state index contributed by atoms with van der Waals surface area (Å²) >= 11 is 0. The molecular weight excluding hydrogens is 232 g/mol. The summed E-state index contributed by atoms with van der Waals surface area (Å²) in [5.74, 6) is 0.264. The number of benzene rings is 2. The minimum Gasteiger partial charge on any atom is -0.294 e. The average Bonchev–Trinajstić information content (AvgIpc) is 2.49. The second kappa shape index (κ2) is 7.52. The quantitative estimate of drug-likeness (QED) is 0.517. The molecule has 0 N–H and O–H groups in total. The molecule has 1 nitrogen and oxygen atoms in total. The van der Waals surface area contributed by atoms with E-state index in [9.17, 15) is 4.79 Å². The maximum atomic E-state index is 11.9. The molecule has 0 saturated heterocycles. The van der Waals surface area contributed by atoms with Crippen LogP contribution in [-0.2, 0) is 6.42 Å². The van der Waals surface area contributed by atoms with E-state index in [1.165, 1.54) is 5.56 Å². The van der Waals surface area contributed by atoms with Crippen LogP contribution in [0.4, 0.5) is 0 Å². The molecule has 1 heteroatoms. The first kappa shape index (κ1) is 13.5. The predicted molar refractivity (Wildman–Crippen MR) is 79.4 cm³/mol. The Morgan fingerprint density at radius 2 is 1.37 bits per heavy atom. The van der Waals surface area contributed by atoms with Gasteiger partial charge in [-0.25, -0.2) is 0 Å². The molecule has 0 spiro atoms. The van der Waals surface area contributed by atoms with Gasteiger partial charge in [-0.1, -0.05) is 67.1 Å². The van der Waals surface area contributed by atoms with Crippen molar-refractivity contribution in [3.05, 3.63) is 71.8 Å². The van der Waals surface area contributed by atoms with E-state index in [1.807, 2.05) is 36.4 Å². The molecular formula is C18H20O. The van der Waals surface area contributed by atoms with Crippen molar-refractivity contribution in [3.8, 4) is 0 Å². The van der Waals surface area contributed by atoms with Gasteiger partial charge in [0.2, 0.25) is 0 Å². The molecule has 0 saturated carbocycles. The van der Waals surface area contributed by atoms with E-state index in [2.05, 4.69) is 24.3 Å². The number of unbranched alkanes of at least 4 members (excludes halogenated alkanes) is 2. The van der Waals surface area contributed by atoms with E-state index in [-0.39, 0.29) is 5.78 Å². The van der Waals surface area contributed by atoms with Crippen molar-refractivity contribution in [1.29, 1.82) is 0 Å². The van der Waals surface area contributed by atoms with Crippen LogP contribution >= 0.6 is 0 Å². The van der Waals surface area contributed by atoms with Gasteiger partial charge in [0, 0.05) is 12.0 Å². The maximum absolute atomic E-state index is 11.9. The maximum Gasteiger partial charge on any atom is 0.162 e. The van der Waals surface area contributed by atoms with Crippen molar-refractivity contribution in [2.45, 2.75) is 32.1 Å². The van der Waals surface area contributed by atoms with Crippen molar-refractivity contribution >= 4 is 5.78 Å². The highest BCUT2D eigenvalue weighted by Gasteiger charge is 2.03. The number of aryl methyl sites for hydroxylation is 1. The van der Waals surface area contributed by atoms with Crippen LogP contribution < -0.4 is 0 Å². The fourth-order valence-electron chi connectivity index (χ4n) is 2.20. The third-order valence-corrected chi connectivity index (χ3v) is 3.31. The number of Topliss-reactive ketones (excluding diaryl/α,β-unsaturated/α-hetero) is 1. The van der Waals surface area contributed by atoms with Gasteiger partial charge in [0.25, 0.3) is 0 Å². The molecule has 0 unspecified atom stereocenters. The van der Waals surface area contributed by atoms with Gasteiger partial charge in [-0.2, -0.15) is 0 Å². The Hall–Kier alpha value is -1.89. The first-order chi connectivity index (χ1) is 9.36. The molecule has 0 aliphatic carbocycles. The highest BCUT2D eigenvalue weighted by Crippen LogP contribution is 2.10. The summed E-state index contributed by atoms with van der Waals surface area (Å²) < 4.78 is 0. The summed E-state index contributed by atoms with van der Waals surface area (Å²) in [6.45, 7) is 0. The zero-order valence-corrected chi connectivity index (χ0v) is 11.2. The SMILES string of the molecule is O=C(CCCCCc1ccccc1)c1ccccc1. The first-order valence-corrected chi connectivity index (χ1v) is 6.98. The van der Waals surface area contributed by atoms with Crippen molar-refractivity contribution in [1.82, 2.24) is 0 Å². The van der Waals surface area contributed by atoms with Crippen LogP contribution in [0, 0.1) is 0 Å². The zero-order valence-electron chi connectivity index (χ0n) is 11.2. The normalized spacial score (nSPS) is 10.3. The van der Waals surface area contributed by atoms with Crippen LogP contribution in [0.25, 0.3) is 0 Å². The second-order valence-corrected chi connectivity index (χ2v) is 4.84. The Morgan fingerprint density at radius 3 is 2.05 bits per heavy atom. The summed E-state index contributed by atoms with van der Waals surface area (Å²) in [5, 5.41) is 0. The van der Waals surface area contributed by atoms with E-state index in [1.54, 1.807) is 0 Å². The Morgan fingerprint density at radius 1 is 0.737 bits per heavy atom. The number of carbonyl (C=O) groups is 1. The van der Waals surface area contributed by atoms with Gasteiger partial charge in [-0.05, 0) is 24.8 Å². The molecule has 0 radical (unpaired) electrons. The van der Waals surface area contributed by atoms with Gasteiger partial charge in [-0.3, -0.25) is 4.79 Å². The molecule has 0 bridgehead atoms. The van der Waals surface area contributed by atoms with Crippen LogP contribution in [0.1, 0.15) is 41.6 Å². The van der Waals surface area contributed by atoms with E-state index in [0.717, 1.165) is 31.2 Å². The first-order valence-electron chi connectivity index (χ1n) is 6.98. The van der Waals surface area contributed by atoms with Gasteiger partial charge >= 0.3 is 0 Å². The van der Waals surface area contributed by atoms with Gasteiger partial charge < -0.3 is 0 Å². The van der Waals surface area contributed by atoms with Crippen molar-refractivity contribution in [3.63, 3.8) is 0 Å². The monoisotopic (exact) mass is 252 g/mol. The van der Waals surface area contributed by atoms with E-state index >= 15 is 0 Å². The van der Waals surface area contributed by atoms with Gasteiger partial charge in [0.15, 0.2) is 5.78 Å². The number of ketones is 1. The second-order valence-electron chi connectivity index (χ2n) is 4.84. The fourth-order valence-corrected chi connectivity index (χ4v) is 2.20. The number of hydrogen-bond donors (Lipinski definition) is 0. The molecule has 2 rings (SSSR count). The van der Waals surface area contributed by atoms with Crippen LogP contribution in [0.2, 0.25) is 0 Å². The smallest absolute Gasteiger partial charge is 0.162 e. The zero-order chi connectivity index (χ0) is 13.3. The van der Waals surface area contributed by atoms with E-state index < -0.39 is 0 Å². The average molecular weight is 252 g/mol. The molecule has 98 valence electrons. The number of rotatable bonds is 7. The third-order valence-electron chi connectivity index (χ3n) is 3.31. The van der Waals surface area contributed by atoms with E-state index in [0.29, 0.717) is 6.42 Å². The summed E-state index contributed by atoms with van der Waals surface area (Å²) in [4.78, 5) is 11.9. The van der Waals surface area contributed by atoms with Crippen molar-refractivity contribution in [2.75, 3.05) is 0 Å². The lowest BCUT2D eigenvalue weighted by Crippen LogP contribution is -1.98. The number of hydrogen-bond acceptors (Lipinski definition) is 1. The van der Waals surface area contributed by atoms with Crippen LogP contribution in [0.15, 0.2) is 60.7 Å². The molecule has 0 aliphatic heterocycles. The molecule has 0 amide bonds. The van der Waals surface area contributed by atoms with Crippen LogP contribution in [0.3, 0.4) is 0 Å². The Kier molecular flexibility index (Phi) is 5.36. The molecule has 0 fully saturated rings. The van der Waals surface area contributed by atoms with E-state index in [4.69, 9.17) is 0 Å². The summed E-state index contributed by atoms with van der Waals surface area (Å²) in [6, 6.07) is 20.1. The van der Waals surface area contributed by atoms with Crippen LogP contribution in [-0.4, -0.2) is 5.78 Å². The molecule has 2 aromatic rings. The Bertz CT molecular complexity index is 488. The summed E-state index contributed by atoms with van der Waals surface area (Å²) in [6.07, 6.45) is 5.04. The predicted octanol–water partition coefficient (Wildman–Crippen LogP) is 4.67. The lowest BCUT2D eigenvalue weighted by atomic mass is 10.0. The fraction of sp³-hybridized carbons (Fsp3) is 0.278.